The maximum atomic E-state index is 13.0. The molecule has 1 aromatic carbocycles. The summed E-state index contributed by atoms with van der Waals surface area (Å²) in [7, 11) is 1.64. The van der Waals surface area contributed by atoms with Crippen LogP contribution in [0.4, 0.5) is 0 Å². The summed E-state index contributed by atoms with van der Waals surface area (Å²) < 4.78 is 12.8. The van der Waals surface area contributed by atoms with Crippen LogP contribution in [0.5, 0.6) is 5.75 Å². The van der Waals surface area contributed by atoms with Gasteiger partial charge in [-0.25, -0.2) is 4.68 Å². The largest absolute Gasteiger partial charge is 0.497 e. The summed E-state index contributed by atoms with van der Waals surface area (Å²) in [5.41, 5.74) is 1.39. The van der Waals surface area contributed by atoms with E-state index >= 15 is 0 Å². The summed E-state index contributed by atoms with van der Waals surface area (Å²) in [6.45, 7) is 1.27. The van der Waals surface area contributed by atoms with Gasteiger partial charge in [-0.05, 0) is 43.2 Å². The Morgan fingerprint density at radius 1 is 1.20 bits per heavy atom. The third-order valence-electron chi connectivity index (χ3n) is 5.14. The van der Waals surface area contributed by atoms with E-state index in [1.54, 1.807) is 17.9 Å². The zero-order valence-corrected chi connectivity index (χ0v) is 14.4. The maximum Gasteiger partial charge on any atom is 0.274 e. The minimum absolute atomic E-state index is 0.00691. The summed E-state index contributed by atoms with van der Waals surface area (Å²) >= 11 is 0. The average Bonchev–Trinajstić information content (AvgIpc) is 3.17. The number of morpholine rings is 1. The summed E-state index contributed by atoms with van der Waals surface area (Å²) in [6.07, 6.45) is 6.44. The van der Waals surface area contributed by atoms with E-state index in [1.165, 1.54) is 6.42 Å². The van der Waals surface area contributed by atoms with Crippen molar-refractivity contribution >= 4 is 5.91 Å². The number of nitrogens with zero attached hydrogens (tertiary/aromatic N) is 3. The molecule has 1 aliphatic carbocycles. The monoisotopic (exact) mass is 341 g/mol. The topological polar surface area (TPSA) is 56.6 Å². The molecule has 0 spiro atoms. The minimum Gasteiger partial charge on any atom is -0.497 e. The van der Waals surface area contributed by atoms with Gasteiger partial charge in [-0.2, -0.15) is 5.10 Å². The number of hydrogen-bond acceptors (Lipinski definition) is 4. The molecule has 0 unspecified atom stereocenters. The lowest BCUT2D eigenvalue weighted by Gasteiger charge is -2.43. The molecule has 0 bridgehead atoms. The fourth-order valence-corrected chi connectivity index (χ4v) is 3.81. The molecule has 2 aliphatic rings. The van der Waals surface area contributed by atoms with Gasteiger partial charge in [0.05, 0.1) is 31.5 Å². The van der Waals surface area contributed by atoms with Crippen molar-refractivity contribution in [2.24, 2.45) is 0 Å². The summed E-state index contributed by atoms with van der Waals surface area (Å²) in [5, 5.41) is 4.49. The van der Waals surface area contributed by atoms with Crippen molar-refractivity contribution in [3.05, 3.63) is 42.2 Å². The molecule has 2 aromatic rings. The van der Waals surface area contributed by atoms with Crippen LogP contribution < -0.4 is 4.74 Å². The van der Waals surface area contributed by atoms with Crippen LogP contribution in [0.1, 0.15) is 36.2 Å². The number of ether oxygens (including phenoxy) is 2. The van der Waals surface area contributed by atoms with Gasteiger partial charge in [0.25, 0.3) is 5.91 Å². The van der Waals surface area contributed by atoms with Crippen molar-refractivity contribution < 1.29 is 14.3 Å². The fourth-order valence-electron chi connectivity index (χ4n) is 3.81. The molecule has 132 valence electrons. The van der Waals surface area contributed by atoms with Crippen LogP contribution in [0.3, 0.4) is 0 Å². The molecule has 4 rings (SSSR count). The predicted molar refractivity (Wildman–Crippen MR) is 93.1 cm³/mol. The Kier molecular flexibility index (Phi) is 4.44. The first kappa shape index (κ1) is 16.1. The number of rotatable bonds is 3. The second kappa shape index (κ2) is 6.88. The number of carbonyl (C=O) groups excluding carboxylic acids is 1. The summed E-state index contributed by atoms with van der Waals surface area (Å²) in [4.78, 5) is 14.9. The molecular formula is C19H23N3O3. The molecule has 2 atom stereocenters. The lowest BCUT2D eigenvalue weighted by Crippen LogP contribution is -2.54. The van der Waals surface area contributed by atoms with E-state index in [0.29, 0.717) is 18.8 Å². The third kappa shape index (κ3) is 3.14. The number of fused-ring (bicyclic) bond motifs is 1. The van der Waals surface area contributed by atoms with Gasteiger partial charge in [0.1, 0.15) is 5.75 Å². The van der Waals surface area contributed by atoms with Crippen molar-refractivity contribution in [3.8, 4) is 11.4 Å². The number of carbonyl (C=O) groups is 1. The standard InChI is InChI=1S/C19H23N3O3/c1-24-15-8-6-14(7-9-15)22-11-10-16(20-22)19(23)21-12-13-25-18-5-3-2-4-17(18)21/h6-11,17-18H,2-5,12-13H2,1H3/t17-,18+/m1/s1. The van der Waals surface area contributed by atoms with E-state index < -0.39 is 0 Å². The molecule has 1 aliphatic heterocycles. The summed E-state index contributed by atoms with van der Waals surface area (Å²) in [6, 6.07) is 9.60. The minimum atomic E-state index is 0.00691. The molecule has 1 aromatic heterocycles. The van der Waals surface area contributed by atoms with Crippen LogP contribution in [-0.4, -0.2) is 53.0 Å². The smallest absolute Gasteiger partial charge is 0.274 e. The van der Waals surface area contributed by atoms with Gasteiger partial charge in [-0.15, -0.1) is 0 Å². The van der Waals surface area contributed by atoms with Gasteiger partial charge < -0.3 is 14.4 Å². The SMILES string of the molecule is COc1ccc(-n2ccc(C(=O)N3CCO[C@H]4CCCC[C@H]43)n2)cc1. The fraction of sp³-hybridized carbons (Fsp3) is 0.474. The average molecular weight is 341 g/mol. The van der Waals surface area contributed by atoms with Gasteiger partial charge in [0.2, 0.25) is 0 Å². The van der Waals surface area contributed by atoms with Gasteiger partial charge in [-0.3, -0.25) is 4.79 Å². The van der Waals surface area contributed by atoms with E-state index in [-0.39, 0.29) is 18.1 Å². The second-order valence-electron chi connectivity index (χ2n) is 6.60. The van der Waals surface area contributed by atoms with E-state index in [9.17, 15) is 4.79 Å². The first-order valence-electron chi connectivity index (χ1n) is 8.89. The van der Waals surface area contributed by atoms with Gasteiger partial charge in [-0.1, -0.05) is 12.8 Å². The lowest BCUT2D eigenvalue weighted by molar-refractivity contribution is -0.0754. The van der Waals surface area contributed by atoms with Crippen LogP contribution in [0, 0.1) is 0 Å². The van der Waals surface area contributed by atoms with Gasteiger partial charge in [0.15, 0.2) is 5.69 Å². The van der Waals surface area contributed by atoms with E-state index in [0.717, 1.165) is 30.7 Å². The van der Waals surface area contributed by atoms with Crippen LogP contribution in [0.2, 0.25) is 0 Å². The Morgan fingerprint density at radius 3 is 2.80 bits per heavy atom. The summed E-state index contributed by atoms with van der Waals surface area (Å²) in [5.74, 6) is 0.802. The highest BCUT2D eigenvalue weighted by molar-refractivity contribution is 5.92. The normalized spacial score (nSPS) is 23.2. The Morgan fingerprint density at radius 2 is 2.00 bits per heavy atom. The van der Waals surface area contributed by atoms with Crippen molar-refractivity contribution in [2.75, 3.05) is 20.3 Å². The second-order valence-corrected chi connectivity index (χ2v) is 6.60. The molecule has 0 N–H and O–H groups in total. The molecular weight excluding hydrogens is 318 g/mol. The quantitative estimate of drug-likeness (QED) is 0.861. The number of methoxy groups -OCH3 is 1. The Balaban J connectivity index is 1.53. The maximum absolute atomic E-state index is 13.0. The van der Waals surface area contributed by atoms with Gasteiger partial charge >= 0.3 is 0 Å². The Bertz CT molecular complexity index is 739. The zero-order valence-electron chi connectivity index (χ0n) is 14.4. The molecule has 1 saturated heterocycles. The van der Waals surface area contributed by atoms with Crippen molar-refractivity contribution in [1.29, 1.82) is 0 Å². The molecule has 2 fully saturated rings. The van der Waals surface area contributed by atoms with Crippen LogP contribution in [0.25, 0.3) is 5.69 Å². The van der Waals surface area contributed by atoms with Crippen LogP contribution >= 0.6 is 0 Å². The van der Waals surface area contributed by atoms with Crippen LogP contribution in [0.15, 0.2) is 36.5 Å². The lowest BCUT2D eigenvalue weighted by atomic mass is 9.90. The third-order valence-corrected chi connectivity index (χ3v) is 5.14. The molecule has 6 heteroatoms. The van der Waals surface area contributed by atoms with Crippen LogP contribution in [-0.2, 0) is 4.74 Å². The van der Waals surface area contributed by atoms with Crippen molar-refractivity contribution in [2.45, 2.75) is 37.8 Å². The number of aromatic nitrogens is 2. The number of amides is 1. The van der Waals surface area contributed by atoms with E-state index in [2.05, 4.69) is 5.10 Å². The van der Waals surface area contributed by atoms with Gasteiger partial charge in [0, 0.05) is 12.7 Å². The highest BCUT2D eigenvalue weighted by Crippen LogP contribution is 2.29. The number of benzene rings is 1. The van der Waals surface area contributed by atoms with Crippen molar-refractivity contribution in [1.82, 2.24) is 14.7 Å². The Hall–Kier alpha value is -2.34. The van der Waals surface area contributed by atoms with E-state index in [1.807, 2.05) is 35.4 Å². The highest BCUT2D eigenvalue weighted by atomic mass is 16.5. The van der Waals surface area contributed by atoms with Crippen molar-refractivity contribution in [3.63, 3.8) is 0 Å². The first-order valence-corrected chi connectivity index (χ1v) is 8.89. The molecule has 0 radical (unpaired) electrons. The highest BCUT2D eigenvalue weighted by Gasteiger charge is 2.37. The molecule has 6 nitrogen and oxygen atoms in total. The predicted octanol–water partition coefficient (Wildman–Crippen LogP) is 2.66. The zero-order chi connectivity index (χ0) is 17.2. The first-order chi connectivity index (χ1) is 12.3. The number of hydrogen-bond donors (Lipinski definition) is 0. The molecule has 25 heavy (non-hydrogen) atoms. The Labute approximate surface area is 147 Å². The molecule has 1 saturated carbocycles. The van der Waals surface area contributed by atoms with E-state index in [4.69, 9.17) is 9.47 Å². The molecule has 2 heterocycles. The molecule has 1 amide bonds.